The summed E-state index contributed by atoms with van der Waals surface area (Å²) in [5.41, 5.74) is 2.16. The Balaban J connectivity index is 1.41. The SMILES string of the molecule is COC(=O)[C@@H]1[C@H]2C[C@@H]3N(CC[C@@]34C(=O)N(c3ccc(OC)cc3)c3ccccc34)C[C@@H]2CC[C@@H]1O. The topological polar surface area (TPSA) is 79.3 Å². The molecule has 2 saturated heterocycles. The van der Waals surface area contributed by atoms with Gasteiger partial charge in [0, 0.05) is 18.3 Å². The number of para-hydroxylation sites is 1. The summed E-state index contributed by atoms with van der Waals surface area (Å²) in [4.78, 5) is 31.5. The zero-order valence-electron chi connectivity index (χ0n) is 20.2. The first-order chi connectivity index (χ1) is 17.0. The fourth-order valence-electron chi connectivity index (χ4n) is 7.49. The molecule has 1 saturated carbocycles. The van der Waals surface area contributed by atoms with Gasteiger partial charge in [-0.15, -0.1) is 0 Å². The number of hydrogen-bond donors (Lipinski definition) is 1. The summed E-state index contributed by atoms with van der Waals surface area (Å²) in [5, 5.41) is 10.8. The molecule has 7 heteroatoms. The number of fused-ring (bicyclic) bond motifs is 5. The van der Waals surface area contributed by atoms with Crippen LogP contribution in [0.15, 0.2) is 48.5 Å². The smallest absolute Gasteiger partial charge is 0.311 e. The number of piperidine rings is 1. The summed E-state index contributed by atoms with van der Waals surface area (Å²) in [5.74, 6) is 0.337. The summed E-state index contributed by atoms with van der Waals surface area (Å²) in [7, 11) is 3.03. The first kappa shape index (κ1) is 22.6. The van der Waals surface area contributed by atoms with Gasteiger partial charge in [-0.2, -0.15) is 0 Å². The Morgan fingerprint density at radius 2 is 1.86 bits per heavy atom. The molecule has 6 rings (SSSR count). The highest BCUT2D eigenvalue weighted by atomic mass is 16.5. The fourth-order valence-corrected chi connectivity index (χ4v) is 7.49. The van der Waals surface area contributed by atoms with E-state index in [9.17, 15) is 14.7 Å². The number of aliphatic hydroxyl groups is 1. The van der Waals surface area contributed by atoms with E-state index in [-0.39, 0.29) is 23.8 Å². The van der Waals surface area contributed by atoms with Crippen LogP contribution in [0.3, 0.4) is 0 Å². The van der Waals surface area contributed by atoms with Crippen molar-refractivity contribution in [2.75, 3.05) is 32.2 Å². The minimum Gasteiger partial charge on any atom is -0.497 e. The van der Waals surface area contributed by atoms with Gasteiger partial charge in [0.15, 0.2) is 0 Å². The number of hydrogen-bond acceptors (Lipinski definition) is 6. The average Bonchev–Trinajstić information content (AvgIpc) is 3.38. The summed E-state index contributed by atoms with van der Waals surface area (Å²) in [6.07, 6.45) is 2.30. The van der Waals surface area contributed by atoms with Crippen LogP contribution in [0.2, 0.25) is 0 Å². The van der Waals surface area contributed by atoms with Crippen molar-refractivity contribution in [1.29, 1.82) is 0 Å². The van der Waals surface area contributed by atoms with Crippen LogP contribution in [-0.4, -0.2) is 61.3 Å². The van der Waals surface area contributed by atoms with Crippen molar-refractivity contribution in [2.45, 2.75) is 43.2 Å². The second-order valence-corrected chi connectivity index (χ2v) is 10.4. The Morgan fingerprint density at radius 1 is 1.09 bits per heavy atom. The van der Waals surface area contributed by atoms with Gasteiger partial charge in [0.05, 0.1) is 37.3 Å². The number of ether oxygens (including phenoxy) is 2. The number of esters is 1. The van der Waals surface area contributed by atoms with E-state index in [2.05, 4.69) is 11.0 Å². The Bertz CT molecular complexity index is 1150. The second kappa shape index (κ2) is 8.35. The van der Waals surface area contributed by atoms with Gasteiger partial charge < -0.3 is 14.6 Å². The minimum atomic E-state index is -0.685. The zero-order valence-corrected chi connectivity index (χ0v) is 20.2. The Kier molecular flexibility index (Phi) is 5.38. The number of rotatable bonds is 3. The highest BCUT2D eigenvalue weighted by Crippen LogP contribution is 2.57. The molecule has 3 aliphatic heterocycles. The number of amides is 1. The highest BCUT2D eigenvalue weighted by Gasteiger charge is 2.63. The Labute approximate surface area is 205 Å². The van der Waals surface area contributed by atoms with E-state index in [4.69, 9.17) is 9.47 Å². The van der Waals surface area contributed by atoms with Crippen molar-refractivity contribution in [1.82, 2.24) is 4.90 Å². The molecule has 2 aromatic rings. The molecule has 7 nitrogen and oxygen atoms in total. The largest absolute Gasteiger partial charge is 0.497 e. The number of anilines is 2. The summed E-state index contributed by atoms with van der Waals surface area (Å²) >= 11 is 0. The zero-order chi connectivity index (χ0) is 24.3. The molecular weight excluding hydrogens is 444 g/mol. The molecular formula is C28H32N2O5. The monoisotopic (exact) mass is 476 g/mol. The maximum absolute atomic E-state index is 14.4. The van der Waals surface area contributed by atoms with Gasteiger partial charge in [-0.25, -0.2) is 0 Å². The van der Waals surface area contributed by atoms with Gasteiger partial charge in [0.2, 0.25) is 5.91 Å². The molecule has 3 fully saturated rings. The molecule has 1 spiro atoms. The predicted molar refractivity (Wildman–Crippen MR) is 131 cm³/mol. The number of carbonyl (C=O) groups is 2. The number of aliphatic hydroxyl groups excluding tert-OH is 1. The van der Waals surface area contributed by atoms with Crippen LogP contribution < -0.4 is 9.64 Å². The van der Waals surface area contributed by atoms with Gasteiger partial charge in [-0.05, 0) is 80.0 Å². The van der Waals surface area contributed by atoms with E-state index in [0.29, 0.717) is 18.8 Å². The lowest BCUT2D eigenvalue weighted by molar-refractivity contribution is -0.159. The van der Waals surface area contributed by atoms with Crippen molar-refractivity contribution >= 4 is 23.3 Å². The Morgan fingerprint density at radius 3 is 2.60 bits per heavy atom. The number of methoxy groups -OCH3 is 2. The van der Waals surface area contributed by atoms with E-state index < -0.39 is 17.4 Å². The lowest BCUT2D eigenvalue weighted by Gasteiger charge is -2.50. The molecule has 1 amide bonds. The highest BCUT2D eigenvalue weighted by molar-refractivity contribution is 6.13. The van der Waals surface area contributed by atoms with Gasteiger partial charge >= 0.3 is 5.97 Å². The fraction of sp³-hybridized carbons (Fsp3) is 0.500. The molecule has 0 radical (unpaired) electrons. The lowest BCUT2D eigenvalue weighted by Crippen LogP contribution is -2.58. The lowest BCUT2D eigenvalue weighted by atomic mass is 9.62. The molecule has 0 unspecified atom stereocenters. The summed E-state index contributed by atoms with van der Waals surface area (Å²) in [6, 6.07) is 15.7. The third-order valence-electron chi connectivity index (χ3n) is 9.10. The van der Waals surface area contributed by atoms with Crippen molar-refractivity contribution in [2.24, 2.45) is 17.8 Å². The van der Waals surface area contributed by atoms with E-state index in [1.54, 1.807) is 7.11 Å². The van der Waals surface area contributed by atoms with Crippen molar-refractivity contribution in [3.63, 3.8) is 0 Å². The van der Waals surface area contributed by atoms with Crippen molar-refractivity contribution < 1.29 is 24.2 Å². The van der Waals surface area contributed by atoms with Gasteiger partial charge in [-0.3, -0.25) is 19.4 Å². The van der Waals surface area contributed by atoms with Crippen LogP contribution in [-0.2, 0) is 19.7 Å². The van der Waals surface area contributed by atoms with Crippen molar-refractivity contribution in [3.05, 3.63) is 54.1 Å². The summed E-state index contributed by atoms with van der Waals surface area (Å²) in [6.45, 7) is 1.71. The van der Waals surface area contributed by atoms with Gasteiger partial charge in [-0.1, -0.05) is 18.2 Å². The molecule has 35 heavy (non-hydrogen) atoms. The Hall–Kier alpha value is -2.90. The number of nitrogens with zero attached hydrogens (tertiary/aromatic N) is 2. The molecule has 1 aliphatic carbocycles. The molecule has 0 aromatic heterocycles. The average molecular weight is 477 g/mol. The predicted octanol–water partition coefficient (Wildman–Crippen LogP) is 3.27. The van der Waals surface area contributed by atoms with Gasteiger partial charge in [0.25, 0.3) is 0 Å². The standard InChI is InChI=1S/C28H32N2O5/c1-34-19-10-8-18(9-11-19)30-22-6-4-3-5-21(22)28(27(30)33)13-14-29-16-17-7-12-23(31)25(26(32)35-2)20(17)15-24(28)29/h3-6,8-11,17,20,23-25,31H,7,12-16H2,1-2H3/t17-,20-,23-,24-,25+,28-/m0/s1. The van der Waals surface area contributed by atoms with E-state index in [1.165, 1.54) is 7.11 Å². The van der Waals surface area contributed by atoms with E-state index in [0.717, 1.165) is 48.6 Å². The normalized spacial score (nSPS) is 33.9. The quantitative estimate of drug-likeness (QED) is 0.685. The first-order valence-electron chi connectivity index (χ1n) is 12.6. The van der Waals surface area contributed by atoms with Crippen molar-refractivity contribution in [3.8, 4) is 5.75 Å². The third kappa shape index (κ3) is 3.17. The van der Waals surface area contributed by atoms with Crippen LogP contribution in [0.4, 0.5) is 11.4 Å². The van der Waals surface area contributed by atoms with Gasteiger partial charge in [0.1, 0.15) is 5.75 Å². The van der Waals surface area contributed by atoms with Crippen LogP contribution in [0.5, 0.6) is 5.75 Å². The molecule has 4 aliphatic rings. The molecule has 1 N–H and O–H groups in total. The molecule has 3 heterocycles. The maximum Gasteiger partial charge on any atom is 0.311 e. The molecule has 184 valence electrons. The maximum atomic E-state index is 14.4. The molecule has 0 bridgehead atoms. The number of carbonyl (C=O) groups excluding carboxylic acids is 2. The molecule has 2 aromatic carbocycles. The van der Waals surface area contributed by atoms with Crippen LogP contribution >= 0.6 is 0 Å². The van der Waals surface area contributed by atoms with Crippen LogP contribution in [0.1, 0.15) is 31.2 Å². The molecule has 6 atom stereocenters. The van der Waals surface area contributed by atoms with Crippen LogP contribution in [0.25, 0.3) is 0 Å². The van der Waals surface area contributed by atoms with Crippen LogP contribution in [0, 0.1) is 17.8 Å². The van der Waals surface area contributed by atoms with E-state index in [1.807, 2.05) is 47.4 Å². The third-order valence-corrected chi connectivity index (χ3v) is 9.10. The minimum absolute atomic E-state index is 0.0115. The number of benzene rings is 2. The first-order valence-corrected chi connectivity index (χ1v) is 12.6. The second-order valence-electron chi connectivity index (χ2n) is 10.4. The van der Waals surface area contributed by atoms with E-state index >= 15 is 0 Å². The summed E-state index contributed by atoms with van der Waals surface area (Å²) < 4.78 is 10.4.